The van der Waals surface area contributed by atoms with E-state index in [4.69, 9.17) is 14.9 Å². The van der Waals surface area contributed by atoms with Gasteiger partial charge in [-0.15, -0.1) is 0 Å². The number of hydrogen-bond donors (Lipinski definition) is 1. The summed E-state index contributed by atoms with van der Waals surface area (Å²) in [4.78, 5) is 4.55. The van der Waals surface area contributed by atoms with Gasteiger partial charge in [0, 0.05) is 11.6 Å². The van der Waals surface area contributed by atoms with Crippen molar-refractivity contribution in [3.05, 3.63) is 54.1 Å². The SMILES string of the molecule is C.C.NC1CCCCCC(OCc2ccc(-c3nc4ccccc4o3)cc2)C1. The van der Waals surface area contributed by atoms with Gasteiger partial charge in [0.25, 0.3) is 0 Å². The molecule has 1 aliphatic rings. The van der Waals surface area contributed by atoms with E-state index in [-0.39, 0.29) is 27.0 Å². The molecule has 4 rings (SSSR count). The molecular formula is C24H34N2O2. The van der Waals surface area contributed by atoms with Gasteiger partial charge in [-0.25, -0.2) is 4.98 Å². The summed E-state index contributed by atoms with van der Waals surface area (Å²) in [5, 5.41) is 0. The van der Waals surface area contributed by atoms with Crippen LogP contribution in [-0.4, -0.2) is 17.1 Å². The predicted molar refractivity (Wildman–Crippen MR) is 117 cm³/mol. The maximum absolute atomic E-state index is 6.18. The molecule has 1 aromatic heterocycles. The molecule has 1 aliphatic carbocycles. The van der Waals surface area contributed by atoms with Gasteiger partial charge in [0.2, 0.25) is 5.89 Å². The van der Waals surface area contributed by atoms with Crippen molar-refractivity contribution in [2.75, 3.05) is 0 Å². The number of para-hydroxylation sites is 2. The fraction of sp³-hybridized carbons (Fsp3) is 0.458. The Balaban J connectivity index is 0.00000140. The number of ether oxygens (including phenoxy) is 1. The number of rotatable bonds is 4. The largest absolute Gasteiger partial charge is 0.436 e. The molecule has 1 heterocycles. The lowest BCUT2D eigenvalue weighted by Gasteiger charge is -2.24. The lowest BCUT2D eigenvalue weighted by Crippen LogP contribution is -2.29. The van der Waals surface area contributed by atoms with Gasteiger partial charge in [-0.1, -0.05) is 58.4 Å². The van der Waals surface area contributed by atoms with E-state index in [1.165, 1.54) is 24.8 Å². The van der Waals surface area contributed by atoms with Crippen LogP contribution in [0.2, 0.25) is 0 Å². The number of aromatic nitrogens is 1. The summed E-state index contributed by atoms with van der Waals surface area (Å²) >= 11 is 0. The molecule has 152 valence electrons. The van der Waals surface area contributed by atoms with Crippen LogP contribution in [0.4, 0.5) is 0 Å². The van der Waals surface area contributed by atoms with Gasteiger partial charge in [-0.05, 0) is 49.1 Å². The van der Waals surface area contributed by atoms with E-state index in [2.05, 4.69) is 17.1 Å². The number of fused-ring (bicyclic) bond motifs is 1. The van der Waals surface area contributed by atoms with Crippen LogP contribution >= 0.6 is 0 Å². The molecule has 0 spiro atoms. The Kier molecular flexibility index (Phi) is 8.21. The molecule has 0 bridgehead atoms. The molecule has 4 nitrogen and oxygen atoms in total. The lowest BCUT2D eigenvalue weighted by molar-refractivity contribution is 0.0202. The molecule has 28 heavy (non-hydrogen) atoms. The summed E-state index contributed by atoms with van der Waals surface area (Å²) in [6, 6.07) is 16.4. The van der Waals surface area contributed by atoms with E-state index in [1.807, 2.05) is 36.4 Å². The molecule has 0 radical (unpaired) electrons. The van der Waals surface area contributed by atoms with Crippen LogP contribution in [-0.2, 0) is 11.3 Å². The highest BCUT2D eigenvalue weighted by Gasteiger charge is 2.17. The molecule has 2 N–H and O–H groups in total. The number of nitrogens with two attached hydrogens (primary N) is 1. The van der Waals surface area contributed by atoms with E-state index in [1.54, 1.807) is 0 Å². The first-order chi connectivity index (χ1) is 12.8. The van der Waals surface area contributed by atoms with E-state index >= 15 is 0 Å². The third-order valence-corrected chi connectivity index (χ3v) is 5.15. The Bertz CT molecular complexity index is 808. The molecule has 0 aliphatic heterocycles. The fourth-order valence-corrected chi connectivity index (χ4v) is 3.63. The minimum atomic E-state index is 0. The fourth-order valence-electron chi connectivity index (χ4n) is 3.63. The summed E-state index contributed by atoms with van der Waals surface area (Å²) in [5.41, 5.74) is 10.0. The highest BCUT2D eigenvalue weighted by atomic mass is 16.5. The molecule has 3 aromatic rings. The van der Waals surface area contributed by atoms with Crippen LogP contribution in [0, 0.1) is 0 Å². The van der Waals surface area contributed by atoms with Gasteiger partial charge in [0.1, 0.15) is 5.52 Å². The first-order valence-electron chi connectivity index (χ1n) is 9.60. The average molecular weight is 383 g/mol. The molecule has 1 fully saturated rings. The van der Waals surface area contributed by atoms with Crippen molar-refractivity contribution < 1.29 is 9.15 Å². The normalized spacial score (nSPS) is 19.9. The van der Waals surface area contributed by atoms with Crippen molar-refractivity contribution in [2.24, 2.45) is 5.73 Å². The monoisotopic (exact) mass is 382 g/mol. The quantitative estimate of drug-likeness (QED) is 0.572. The zero-order valence-corrected chi connectivity index (χ0v) is 15.1. The van der Waals surface area contributed by atoms with Crippen LogP contribution < -0.4 is 5.73 Å². The van der Waals surface area contributed by atoms with Crippen molar-refractivity contribution in [1.29, 1.82) is 0 Å². The number of hydrogen-bond acceptors (Lipinski definition) is 4. The number of benzene rings is 2. The predicted octanol–water partition coefficient (Wildman–Crippen LogP) is 6.33. The van der Waals surface area contributed by atoms with E-state index in [0.29, 0.717) is 12.5 Å². The van der Waals surface area contributed by atoms with Gasteiger partial charge in [-0.3, -0.25) is 0 Å². The van der Waals surface area contributed by atoms with Gasteiger partial charge < -0.3 is 14.9 Å². The number of nitrogens with zero attached hydrogens (tertiary/aromatic N) is 1. The zero-order valence-electron chi connectivity index (χ0n) is 15.1. The van der Waals surface area contributed by atoms with Crippen LogP contribution in [0.5, 0.6) is 0 Å². The molecule has 2 unspecified atom stereocenters. The molecule has 0 amide bonds. The summed E-state index contributed by atoms with van der Waals surface area (Å²) < 4.78 is 12.0. The highest BCUT2D eigenvalue weighted by molar-refractivity contribution is 5.75. The second-order valence-electron chi connectivity index (χ2n) is 7.25. The second kappa shape index (κ2) is 10.4. The minimum absolute atomic E-state index is 0. The Morgan fingerprint density at radius 2 is 1.71 bits per heavy atom. The van der Waals surface area contributed by atoms with Crippen LogP contribution in [0.3, 0.4) is 0 Å². The summed E-state index contributed by atoms with van der Waals surface area (Å²) in [6.07, 6.45) is 7.27. The van der Waals surface area contributed by atoms with Crippen LogP contribution in [0.25, 0.3) is 22.6 Å². The first kappa shape index (κ1) is 22.1. The summed E-state index contributed by atoms with van der Waals surface area (Å²) in [7, 11) is 0. The van der Waals surface area contributed by atoms with E-state index in [0.717, 1.165) is 35.9 Å². The van der Waals surface area contributed by atoms with Crippen molar-refractivity contribution in [3.63, 3.8) is 0 Å². The van der Waals surface area contributed by atoms with Gasteiger partial charge in [0.05, 0.1) is 12.7 Å². The third kappa shape index (κ3) is 5.43. The van der Waals surface area contributed by atoms with Crippen LogP contribution in [0.15, 0.2) is 52.9 Å². The third-order valence-electron chi connectivity index (χ3n) is 5.15. The average Bonchev–Trinajstić information content (AvgIpc) is 3.08. The van der Waals surface area contributed by atoms with E-state index < -0.39 is 0 Å². The minimum Gasteiger partial charge on any atom is -0.436 e. The van der Waals surface area contributed by atoms with Crippen molar-refractivity contribution in [3.8, 4) is 11.5 Å². The summed E-state index contributed by atoms with van der Waals surface area (Å²) in [5.74, 6) is 0.657. The van der Waals surface area contributed by atoms with Crippen molar-refractivity contribution in [1.82, 2.24) is 4.98 Å². The molecule has 0 saturated heterocycles. The van der Waals surface area contributed by atoms with Gasteiger partial charge >= 0.3 is 0 Å². The molecule has 1 saturated carbocycles. The Labute approximate surface area is 169 Å². The number of oxazole rings is 1. The Hall–Kier alpha value is -2.17. The topological polar surface area (TPSA) is 61.3 Å². The molecule has 4 heteroatoms. The maximum atomic E-state index is 6.18. The van der Waals surface area contributed by atoms with Gasteiger partial charge in [-0.2, -0.15) is 0 Å². The Morgan fingerprint density at radius 3 is 2.50 bits per heavy atom. The second-order valence-corrected chi connectivity index (χ2v) is 7.25. The standard InChI is InChI=1S/C22H26N2O2.2CH4/c23-18-6-2-1-3-7-19(14-18)25-15-16-10-12-17(13-11-16)22-24-20-8-4-5-9-21(20)26-22;;/h4-5,8-13,18-19H,1-3,6-7,14-15,23H2;2*1H4. The zero-order chi connectivity index (χ0) is 17.8. The highest BCUT2D eigenvalue weighted by Crippen LogP contribution is 2.25. The van der Waals surface area contributed by atoms with Crippen molar-refractivity contribution in [2.45, 2.75) is 72.1 Å². The lowest BCUT2D eigenvalue weighted by atomic mass is 9.95. The smallest absolute Gasteiger partial charge is 0.227 e. The molecular weight excluding hydrogens is 348 g/mol. The molecule has 2 atom stereocenters. The maximum Gasteiger partial charge on any atom is 0.227 e. The molecule has 2 aromatic carbocycles. The van der Waals surface area contributed by atoms with Crippen molar-refractivity contribution >= 4 is 11.1 Å². The van der Waals surface area contributed by atoms with E-state index in [9.17, 15) is 0 Å². The Morgan fingerprint density at radius 1 is 0.964 bits per heavy atom. The van der Waals surface area contributed by atoms with Crippen LogP contribution in [0.1, 0.15) is 58.9 Å². The first-order valence-corrected chi connectivity index (χ1v) is 9.60. The summed E-state index contributed by atoms with van der Waals surface area (Å²) in [6.45, 7) is 0.630. The van der Waals surface area contributed by atoms with Gasteiger partial charge in [0.15, 0.2) is 5.58 Å².